The topological polar surface area (TPSA) is 73.6 Å². The van der Waals surface area contributed by atoms with Gasteiger partial charge >= 0.3 is 12.3 Å². The fraction of sp³-hybridized carbons (Fsp3) is 0.167. The van der Waals surface area contributed by atoms with E-state index in [1.54, 1.807) is 24.7 Å². The van der Waals surface area contributed by atoms with E-state index in [9.17, 15) is 23.1 Å². The molecule has 6 nitrogen and oxygen atoms in total. The second kappa shape index (κ2) is 9.22. The highest BCUT2D eigenvalue weighted by molar-refractivity contribution is 7.13. The average Bonchev–Trinajstić information content (AvgIpc) is 3.40. The Kier molecular flexibility index (Phi) is 6.34. The molecule has 10 heteroatoms. The standard InChI is InChI=1S/C24H19F3N2O4S/c1-14-19(23(30)31)11-21(20-13-34-22(28-20)16-5-9-17(32-2)10-6-16)29(14)12-15-3-7-18(8-4-15)33-24(25,26)27/h3-11,13H,12H2,1-2H3,(H,30,31). The predicted molar refractivity (Wildman–Crippen MR) is 121 cm³/mol. The van der Waals surface area contributed by atoms with Crippen LogP contribution in [-0.4, -0.2) is 34.1 Å². The van der Waals surface area contributed by atoms with Crippen LogP contribution in [0.4, 0.5) is 13.2 Å². The Bertz CT molecular complexity index is 1310. The number of hydrogen-bond acceptors (Lipinski definition) is 5. The minimum absolute atomic E-state index is 0.131. The number of carboxylic acid groups (broad SMARTS) is 1. The van der Waals surface area contributed by atoms with Crippen molar-refractivity contribution in [3.05, 3.63) is 76.8 Å². The van der Waals surface area contributed by atoms with Crippen LogP contribution in [0.3, 0.4) is 0 Å². The van der Waals surface area contributed by atoms with Gasteiger partial charge in [0.25, 0.3) is 0 Å². The van der Waals surface area contributed by atoms with E-state index in [4.69, 9.17) is 9.72 Å². The number of rotatable bonds is 7. The monoisotopic (exact) mass is 488 g/mol. The number of ether oxygens (including phenoxy) is 2. The van der Waals surface area contributed by atoms with Crippen LogP contribution in [0, 0.1) is 6.92 Å². The third-order valence-electron chi connectivity index (χ3n) is 5.20. The van der Waals surface area contributed by atoms with E-state index < -0.39 is 12.3 Å². The van der Waals surface area contributed by atoms with Crippen molar-refractivity contribution in [2.24, 2.45) is 0 Å². The van der Waals surface area contributed by atoms with Gasteiger partial charge in [-0.25, -0.2) is 9.78 Å². The van der Waals surface area contributed by atoms with Crippen LogP contribution in [-0.2, 0) is 6.54 Å². The number of aromatic nitrogens is 2. The summed E-state index contributed by atoms with van der Waals surface area (Å²) in [4.78, 5) is 16.5. The molecule has 0 atom stereocenters. The second-order valence-electron chi connectivity index (χ2n) is 7.38. The summed E-state index contributed by atoms with van der Waals surface area (Å²) in [5, 5.41) is 12.2. The highest BCUT2D eigenvalue weighted by Crippen LogP contribution is 2.33. The lowest BCUT2D eigenvalue weighted by molar-refractivity contribution is -0.274. The lowest BCUT2D eigenvalue weighted by Crippen LogP contribution is -2.17. The average molecular weight is 488 g/mol. The van der Waals surface area contributed by atoms with Crippen molar-refractivity contribution in [1.82, 2.24) is 9.55 Å². The van der Waals surface area contributed by atoms with E-state index in [2.05, 4.69) is 4.74 Å². The maximum absolute atomic E-state index is 12.4. The van der Waals surface area contributed by atoms with Gasteiger partial charge in [0.15, 0.2) is 0 Å². The summed E-state index contributed by atoms with van der Waals surface area (Å²) in [6.07, 6.45) is -4.77. The van der Waals surface area contributed by atoms with E-state index in [1.807, 2.05) is 29.6 Å². The van der Waals surface area contributed by atoms with E-state index in [-0.39, 0.29) is 17.9 Å². The highest BCUT2D eigenvalue weighted by atomic mass is 32.1. The number of nitrogens with zero attached hydrogens (tertiary/aromatic N) is 2. The largest absolute Gasteiger partial charge is 0.573 e. The molecule has 0 spiro atoms. The first kappa shape index (κ1) is 23.4. The molecule has 0 bridgehead atoms. The minimum atomic E-state index is -4.77. The Morgan fingerprint density at radius 2 is 1.74 bits per heavy atom. The normalized spacial score (nSPS) is 11.4. The van der Waals surface area contributed by atoms with Gasteiger partial charge in [-0.2, -0.15) is 0 Å². The lowest BCUT2D eigenvalue weighted by atomic mass is 10.2. The zero-order valence-electron chi connectivity index (χ0n) is 18.1. The second-order valence-corrected chi connectivity index (χ2v) is 8.24. The van der Waals surface area contributed by atoms with Crippen LogP contribution in [0.5, 0.6) is 11.5 Å². The number of halogens is 3. The van der Waals surface area contributed by atoms with Gasteiger partial charge in [0.1, 0.15) is 16.5 Å². The molecule has 4 aromatic rings. The van der Waals surface area contributed by atoms with Crippen molar-refractivity contribution in [2.45, 2.75) is 19.8 Å². The summed E-state index contributed by atoms with van der Waals surface area (Å²) in [6.45, 7) is 1.93. The van der Waals surface area contributed by atoms with Crippen LogP contribution < -0.4 is 9.47 Å². The summed E-state index contributed by atoms with van der Waals surface area (Å²) < 4.78 is 48.2. The van der Waals surface area contributed by atoms with Gasteiger partial charge in [-0.05, 0) is 55.0 Å². The zero-order chi connectivity index (χ0) is 24.5. The van der Waals surface area contributed by atoms with Gasteiger partial charge in [-0.1, -0.05) is 12.1 Å². The molecule has 176 valence electrons. The molecule has 0 aliphatic carbocycles. The molecule has 0 aliphatic rings. The molecular formula is C24H19F3N2O4S. The molecule has 0 fully saturated rings. The van der Waals surface area contributed by atoms with Gasteiger partial charge in [-0.3, -0.25) is 0 Å². The first-order chi connectivity index (χ1) is 16.1. The van der Waals surface area contributed by atoms with Crippen LogP contribution in [0.15, 0.2) is 60.0 Å². The SMILES string of the molecule is COc1ccc(-c2nc(-c3cc(C(=O)O)c(C)n3Cc3ccc(OC(F)(F)F)cc3)cs2)cc1. The number of thiazole rings is 1. The highest BCUT2D eigenvalue weighted by Gasteiger charge is 2.31. The fourth-order valence-electron chi connectivity index (χ4n) is 3.51. The van der Waals surface area contributed by atoms with Gasteiger partial charge in [0.2, 0.25) is 0 Å². The van der Waals surface area contributed by atoms with Crippen LogP contribution >= 0.6 is 11.3 Å². The quantitative estimate of drug-likeness (QED) is 0.333. The van der Waals surface area contributed by atoms with Crippen molar-refractivity contribution in [3.8, 4) is 33.5 Å². The zero-order valence-corrected chi connectivity index (χ0v) is 18.9. The number of benzene rings is 2. The molecule has 0 aliphatic heterocycles. The summed E-state index contributed by atoms with van der Waals surface area (Å²) >= 11 is 1.42. The van der Waals surface area contributed by atoms with Crippen LogP contribution in [0.2, 0.25) is 0 Å². The summed E-state index contributed by atoms with van der Waals surface area (Å²) in [6, 6.07) is 14.5. The third-order valence-corrected chi connectivity index (χ3v) is 6.09. The van der Waals surface area contributed by atoms with Gasteiger partial charge in [0, 0.05) is 23.2 Å². The van der Waals surface area contributed by atoms with E-state index in [0.717, 1.165) is 16.3 Å². The number of carbonyl (C=O) groups is 1. The molecule has 0 amide bonds. The Balaban J connectivity index is 1.67. The smallest absolute Gasteiger partial charge is 0.497 e. The molecule has 34 heavy (non-hydrogen) atoms. The molecule has 2 heterocycles. The summed E-state index contributed by atoms with van der Waals surface area (Å²) in [5.74, 6) is -0.671. The first-order valence-electron chi connectivity index (χ1n) is 10.0. The molecule has 0 saturated heterocycles. The number of carboxylic acids is 1. The maximum Gasteiger partial charge on any atom is 0.573 e. The Morgan fingerprint density at radius 3 is 2.32 bits per heavy atom. The minimum Gasteiger partial charge on any atom is -0.497 e. The summed E-state index contributed by atoms with van der Waals surface area (Å²) in [7, 11) is 1.59. The Morgan fingerprint density at radius 1 is 1.09 bits per heavy atom. The molecule has 4 rings (SSSR count). The number of hydrogen-bond donors (Lipinski definition) is 1. The predicted octanol–water partition coefficient (Wildman–Crippen LogP) is 6.24. The van der Waals surface area contributed by atoms with Crippen molar-refractivity contribution in [1.29, 1.82) is 0 Å². The Hall–Kier alpha value is -3.79. The van der Waals surface area contributed by atoms with E-state index in [1.165, 1.54) is 35.6 Å². The Labute approximate surface area is 196 Å². The molecule has 0 unspecified atom stereocenters. The van der Waals surface area contributed by atoms with Crippen LogP contribution in [0.25, 0.3) is 22.0 Å². The van der Waals surface area contributed by atoms with Crippen LogP contribution in [0.1, 0.15) is 21.6 Å². The molecule has 0 radical (unpaired) electrons. The third kappa shape index (κ3) is 5.07. The van der Waals surface area contributed by atoms with Crippen molar-refractivity contribution >= 4 is 17.3 Å². The number of methoxy groups -OCH3 is 1. The van der Waals surface area contributed by atoms with Crippen molar-refractivity contribution in [2.75, 3.05) is 7.11 Å². The fourth-order valence-corrected chi connectivity index (χ4v) is 4.33. The first-order valence-corrected chi connectivity index (χ1v) is 10.9. The molecule has 2 aromatic heterocycles. The lowest BCUT2D eigenvalue weighted by Gasteiger charge is -2.12. The van der Waals surface area contributed by atoms with Gasteiger partial charge < -0.3 is 19.1 Å². The molecular weight excluding hydrogens is 469 g/mol. The van der Waals surface area contributed by atoms with Gasteiger partial charge in [-0.15, -0.1) is 24.5 Å². The molecule has 0 saturated carbocycles. The summed E-state index contributed by atoms with van der Waals surface area (Å²) in [5.41, 5.74) is 3.41. The number of alkyl halides is 3. The molecule has 2 aromatic carbocycles. The maximum atomic E-state index is 12.4. The van der Waals surface area contributed by atoms with E-state index in [0.29, 0.717) is 22.6 Å². The van der Waals surface area contributed by atoms with E-state index >= 15 is 0 Å². The molecule has 1 N–H and O–H groups in total. The van der Waals surface area contributed by atoms with Crippen molar-refractivity contribution in [3.63, 3.8) is 0 Å². The number of aromatic carboxylic acids is 1. The van der Waals surface area contributed by atoms with Crippen molar-refractivity contribution < 1.29 is 32.5 Å². The van der Waals surface area contributed by atoms with Gasteiger partial charge in [0.05, 0.1) is 24.1 Å².